The summed E-state index contributed by atoms with van der Waals surface area (Å²) in [6.45, 7) is 7.87. The number of aliphatic imine (C=N–C) groups is 1. The first-order chi connectivity index (χ1) is 12.8. The largest absolute Gasteiger partial charge is 0.376 e. The number of carbonyl (C=O) groups excluding carboxylic acids is 1. The highest BCUT2D eigenvalue weighted by Gasteiger charge is 2.18. The van der Waals surface area contributed by atoms with Gasteiger partial charge in [0.25, 0.3) is 0 Å². The van der Waals surface area contributed by atoms with E-state index in [1.165, 1.54) is 11.3 Å². The van der Waals surface area contributed by atoms with Crippen LogP contribution in [0.3, 0.4) is 0 Å². The van der Waals surface area contributed by atoms with Gasteiger partial charge in [0, 0.05) is 46.0 Å². The number of guanidine groups is 1. The van der Waals surface area contributed by atoms with Crippen LogP contribution < -0.4 is 10.6 Å². The Morgan fingerprint density at radius 2 is 2.19 bits per heavy atom. The third-order valence-electron chi connectivity index (χ3n) is 4.94. The Bertz CT molecular complexity index is 661. The van der Waals surface area contributed by atoms with E-state index in [9.17, 15) is 4.79 Å². The van der Waals surface area contributed by atoms with Gasteiger partial charge >= 0.3 is 0 Å². The molecule has 152 valence electrons. The number of amides is 1. The van der Waals surface area contributed by atoms with Crippen molar-refractivity contribution in [2.24, 2.45) is 12.0 Å². The average molecular weight is 379 g/mol. The van der Waals surface area contributed by atoms with Crippen LogP contribution in [0.25, 0.3) is 0 Å². The number of nitrogens with zero attached hydrogens (tertiary/aromatic N) is 4. The summed E-state index contributed by atoms with van der Waals surface area (Å²) in [4.78, 5) is 17.9. The number of aromatic nitrogens is 2. The molecule has 0 radical (unpaired) electrons. The molecule has 2 unspecified atom stereocenters. The van der Waals surface area contributed by atoms with Crippen molar-refractivity contribution in [2.45, 2.75) is 52.2 Å². The first kappa shape index (κ1) is 21.2. The predicted octanol–water partition coefficient (Wildman–Crippen LogP) is 0.770. The zero-order valence-corrected chi connectivity index (χ0v) is 17.5. The van der Waals surface area contributed by atoms with E-state index in [4.69, 9.17) is 4.74 Å². The fraction of sp³-hybridized carbons (Fsp3) is 0.737. The number of ether oxygens (including phenoxy) is 1. The summed E-state index contributed by atoms with van der Waals surface area (Å²) in [5.41, 5.74) is 3.48. The molecular formula is C19H34N6O2. The lowest BCUT2D eigenvalue weighted by Crippen LogP contribution is -2.46. The van der Waals surface area contributed by atoms with Crippen LogP contribution in [0.2, 0.25) is 0 Å². The minimum absolute atomic E-state index is 0.0279. The zero-order valence-electron chi connectivity index (χ0n) is 17.5. The highest BCUT2D eigenvalue weighted by molar-refractivity contribution is 5.84. The van der Waals surface area contributed by atoms with Gasteiger partial charge in [0.2, 0.25) is 5.91 Å². The minimum Gasteiger partial charge on any atom is -0.376 e. The summed E-state index contributed by atoms with van der Waals surface area (Å²) in [6, 6.07) is 0.150. The Kier molecular flexibility index (Phi) is 7.65. The molecule has 2 heterocycles. The van der Waals surface area contributed by atoms with E-state index >= 15 is 0 Å². The number of nitrogens with one attached hydrogen (secondary N) is 2. The fourth-order valence-corrected chi connectivity index (χ4v) is 3.16. The minimum atomic E-state index is -0.0279. The number of hydrogen-bond acceptors (Lipinski definition) is 4. The summed E-state index contributed by atoms with van der Waals surface area (Å²) in [5, 5.41) is 11.2. The van der Waals surface area contributed by atoms with Gasteiger partial charge in [0.15, 0.2) is 5.96 Å². The summed E-state index contributed by atoms with van der Waals surface area (Å²) in [7, 11) is 5.44. The number of aryl methyl sites for hydroxylation is 2. The number of rotatable bonds is 7. The first-order valence-corrected chi connectivity index (χ1v) is 9.63. The average Bonchev–Trinajstić information content (AvgIpc) is 3.21. The van der Waals surface area contributed by atoms with Gasteiger partial charge in [0.1, 0.15) is 6.54 Å². The van der Waals surface area contributed by atoms with Gasteiger partial charge in [-0.25, -0.2) is 4.99 Å². The molecule has 27 heavy (non-hydrogen) atoms. The molecule has 0 spiro atoms. The third-order valence-corrected chi connectivity index (χ3v) is 4.94. The lowest BCUT2D eigenvalue weighted by atomic mass is 10.1. The van der Waals surface area contributed by atoms with Gasteiger partial charge in [-0.3, -0.25) is 9.48 Å². The van der Waals surface area contributed by atoms with Crippen LogP contribution in [0, 0.1) is 13.8 Å². The second kappa shape index (κ2) is 9.73. The second-order valence-corrected chi connectivity index (χ2v) is 7.49. The van der Waals surface area contributed by atoms with E-state index in [1.807, 2.05) is 18.7 Å². The monoisotopic (exact) mass is 378 g/mol. The van der Waals surface area contributed by atoms with Crippen LogP contribution in [0.1, 0.15) is 36.7 Å². The van der Waals surface area contributed by atoms with Crippen molar-refractivity contribution in [3.8, 4) is 0 Å². The molecule has 1 aromatic heterocycles. The van der Waals surface area contributed by atoms with Crippen LogP contribution in [0.4, 0.5) is 0 Å². The smallest absolute Gasteiger partial charge is 0.243 e. The fourth-order valence-electron chi connectivity index (χ4n) is 3.16. The van der Waals surface area contributed by atoms with E-state index in [0.717, 1.165) is 31.6 Å². The van der Waals surface area contributed by atoms with Gasteiger partial charge in [0.05, 0.1) is 11.8 Å². The van der Waals surface area contributed by atoms with Crippen LogP contribution in [-0.4, -0.2) is 72.5 Å². The molecule has 0 aliphatic carbocycles. The summed E-state index contributed by atoms with van der Waals surface area (Å²) in [6.07, 6.45) is 3.20. The van der Waals surface area contributed by atoms with Gasteiger partial charge in [-0.1, -0.05) is 0 Å². The number of carbonyl (C=O) groups is 1. The molecule has 1 fully saturated rings. The third kappa shape index (κ3) is 6.23. The van der Waals surface area contributed by atoms with Crippen LogP contribution in [0.5, 0.6) is 0 Å². The zero-order chi connectivity index (χ0) is 20.0. The molecule has 0 aromatic carbocycles. The lowest BCUT2D eigenvalue weighted by molar-refractivity contribution is -0.127. The standard InChI is InChI=1S/C19H34N6O2/c1-13(10-17-14(2)23-25(6)15(17)3)22-19(21-12-18(26)24(4)5)20-11-16-8-7-9-27-16/h13,16H,7-12H2,1-6H3,(H2,20,21,22). The topological polar surface area (TPSA) is 83.8 Å². The predicted molar refractivity (Wildman–Crippen MR) is 107 cm³/mol. The van der Waals surface area contributed by atoms with Gasteiger partial charge in [-0.15, -0.1) is 0 Å². The maximum absolute atomic E-state index is 11.9. The molecule has 1 saturated heterocycles. The molecule has 8 nitrogen and oxygen atoms in total. The molecule has 1 amide bonds. The quantitative estimate of drug-likeness (QED) is 0.541. The highest BCUT2D eigenvalue weighted by atomic mass is 16.5. The van der Waals surface area contributed by atoms with Gasteiger partial charge in [-0.05, 0) is 45.6 Å². The molecule has 1 aliphatic rings. The highest BCUT2D eigenvalue weighted by Crippen LogP contribution is 2.14. The summed E-state index contributed by atoms with van der Waals surface area (Å²) in [5.74, 6) is 0.618. The normalized spacial score (nSPS) is 18.4. The molecule has 0 saturated carbocycles. The maximum atomic E-state index is 11.9. The van der Waals surface area contributed by atoms with Crippen molar-refractivity contribution < 1.29 is 9.53 Å². The summed E-state index contributed by atoms with van der Waals surface area (Å²) >= 11 is 0. The Morgan fingerprint density at radius 1 is 1.44 bits per heavy atom. The molecule has 2 atom stereocenters. The van der Waals surface area contributed by atoms with E-state index < -0.39 is 0 Å². The Labute approximate surface area is 162 Å². The lowest BCUT2D eigenvalue weighted by Gasteiger charge is -2.20. The van der Waals surface area contributed by atoms with E-state index in [1.54, 1.807) is 19.0 Å². The van der Waals surface area contributed by atoms with Crippen molar-refractivity contribution in [1.29, 1.82) is 0 Å². The molecule has 2 N–H and O–H groups in total. The SMILES string of the molecule is Cc1nn(C)c(C)c1CC(C)NC(=NCC(=O)N(C)C)NCC1CCCO1. The van der Waals surface area contributed by atoms with Gasteiger partial charge < -0.3 is 20.3 Å². The maximum Gasteiger partial charge on any atom is 0.243 e. The van der Waals surface area contributed by atoms with Crippen LogP contribution >= 0.6 is 0 Å². The van der Waals surface area contributed by atoms with Crippen LogP contribution in [0.15, 0.2) is 4.99 Å². The van der Waals surface area contributed by atoms with Crippen molar-refractivity contribution in [3.05, 3.63) is 17.0 Å². The Morgan fingerprint density at radius 3 is 2.74 bits per heavy atom. The van der Waals surface area contributed by atoms with E-state index in [-0.39, 0.29) is 24.6 Å². The molecule has 1 aromatic rings. The number of hydrogen-bond donors (Lipinski definition) is 2. The number of likely N-dealkylation sites (N-methyl/N-ethyl adjacent to an activating group) is 1. The molecule has 8 heteroatoms. The van der Waals surface area contributed by atoms with Crippen LogP contribution in [-0.2, 0) is 23.0 Å². The molecule has 1 aliphatic heterocycles. The molecule has 2 rings (SSSR count). The van der Waals surface area contributed by atoms with Crippen molar-refractivity contribution in [2.75, 3.05) is 33.8 Å². The molecular weight excluding hydrogens is 344 g/mol. The van der Waals surface area contributed by atoms with E-state index in [2.05, 4.69) is 34.6 Å². The van der Waals surface area contributed by atoms with Crippen molar-refractivity contribution in [1.82, 2.24) is 25.3 Å². The van der Waals surface area contributed by atoms with Crippen molar-refractivity contribution in [3.63, 3.8) is 0 Å². The van der Waals surface area contributed by atoms with Crippen molar-refractivity contribution >= 4 is 11.9 Å². The Balaban J connectivity index is 1.99. The second-order valence-electron chi connectivity index (χ2n) is 7.49. The summed E-state index contributed by atoms with van der Waals surface area (Å²) < 4.78 is 7.59. The Hall–Kier alpha value is -2.09. The van der Waals surface area contributed by atoms with E-state index in [0.29, 0.717) is 12.5 Å². The first-order valence-electron chi connectivity index (χ1n) is 9.63. The molecule has 0 bridgehead atoms. The van der Waals surface area contributed by atoms with Gasteiger partial charge in [-0.2, -0.15) is 5.10 Å².